The van der Waals surface area contributed by atoms with Crippen LogP contribution in [0.2, 0.25) is 0 Å². The first-order chi connectivity index (χ1) is 2.91. The van der Waals surface area contributed by atoms with Crippen molar-refractivity contribution in [3.8, 4) is 0 Å². The van der Waals surface area contributed by atoms with E-state index in [4.69, 9.17) is 5.11 Å². The molecule has 0 unspecified atom stereocenters. The lowest BCUT2D eigenvalue weighted by Gasteiger charge is -1.74. The fourth-order valence-corrected chi connectivity index (χ4v) is 0. The van der Waals surface area contributed by atoms with E-state index in [0.29, 0.717) is 5.52 Å². The van der Waals surface area contributed by atoms with E-state index in [1.54, 1.807) is 7.11 Å². The molecule has 0 saturated carbocycles. The minimum atomic E-state index is 0.632. The van der Waals surface area contributed by atoms with Crippen LogP contribution < -0.4 is 0 Å². The Hall–Kier alpha value is 0.400. The zero-order valence-electron chi connectivity index (χ0n) is 3.94. The molecule has 1 N–H and O–H groups in total. The van der Waals surface area contributed by atoms with Gasteiger partial charge in [-0.25, -0.2) is 0 Å². The van der Waals surface area contributed by atoms with Gasteiger partial charge < -0.3 is 9.84 Å². The summed E-state index contributed by atoms with van der Waals surface area (Å²) in [4.78, 5) is 0. The highest BCUT2D eigenvalue weighted by molar-refractivity contribution is 9.09. The van der Waals surface area contributed by atoms with Crippen LogP contribution in [0.25, 0.3) is 0 Å². The molecule has 0 amide bonds. The average Bonchev–Trinajstić information content (AvgIpc) is 1.72. The summed E-state index contributed by atoms with van der Waals surface area (Å²) < 4.78 is 4.46. The smallest absolute Gasteiger partial charge is 0.101 e. The van der Waals surface area contributed by atoms with Gasteiger partial charge in [0.25, 0.3) is 0 Å². The van der Waals surface area contributed by atoms with Crippen LogP contribution in [0, 0.1) is 0 Å². The minimum absolute atomic E-state index is 0.632. The predicted molar refractivity (Wildman–Crippen MR) is 28.9 cm³/mol. The van der Waals surface area contributed by atoms with E-state index >= 15 is 0 Å². The third-order valence-electron chi connectivity index (χ3n) is 0.109. The van der Waals surface area contributed by atoms with Gasteiger partial charge in [0, 0.05) is 14.2 Å². The molecular weight excluding hydrogens is 148 g/mol. The molecule has 0 aromatic carbocycles. The summed E-state index contributed by atoms with van der Waals surface area (Å²) in [6.45, 7) is 0. The largest absolute Gasteiger partial charge is 0.400 e. The maximum absolute atomic E-state index is 7.00. The minimum Gasteiger partial charge on any atom is -0.400 e. The zero-order chi connectivity index (χ0) is 5.41. The van der Waals surface area contributed by atoms with Gasteiger partial charge in [-0.05, 0) is 0 Å². The van der Waals surface area contributed by atoms with Gasteiger partial charge in [-0.2, -0.15) is 0 Å². The number of ether oxygens (including phenoxy) is 1. The lowest BCUT2D eigenvalue weighted by molar-refractivity contribution is 0.263. The topological polar surface area (TPSA) is 29.5 Å². The van der Waals surface area contributed by atoms with E-state index < -0.39 is 0 Å². The van der Waals surface area contributed by atoms with Gasteiger partial charge in [0.2, 0.25) is 0 Å². The molecule has 0 atom stereocenters. The SMILES string of the molecule is CO.COCBr. The Balaban J connectivity index is 0. The van der Waals surface area contributed by atoms with Crippen molar-refractivity contribution in [3.05, 3.63) is 0 Å². The van der Waals surface area contributed by atoms with Gasteiger partial charge in [-0.15, -0.1) is 0 Å². The predicted octanol–water partition coefficient (Wildman–Crippen LogP) is 0.594. The second-order valence-corrected chi connectivity index (χ2v) is 0.856. The van der Waals surface area contributed by atoms with Crippen molar-refractivity contribution in [2.24, 2.45) is 0 Å². The van der Waals surface area contributed by atoms with Crippen molar-refractivity contribution >= 4 is 15.9 Å². The average molecular weight is 157 g/mol. The lowest BCUT2D eigenvalue weighted by atomic mass is 11.6. The molecule has 0 saturated heterocycles. The van der Waals surface area contributed by atoms with E-state index in [2.05, 4.69) is 20.7 Å². The Morgan fingerprint density at radius 1 is 1.67 bits per heavy atom. The summed E-state index contributed by atoms with van der Waals surface area (Å²) >= 11 is 3.03. The van der Waals surface area contributed by atoms with E-state index in [0.717, 1.165) is 7.11 Å². The first-order valence-electron chi connectivity index (χ1n) is 1.41. The monoisotopic (exact) mass is 156 g/mol. The van der Waals surface area contributed by atoms with Crippen LogP contribution in [0.5, 0.6) is 0 Å². The molecule has 0 bridgehead atoms. The van der Waals surface area contributed by atoms with Gasteiger partial charge in [-0.3, -0.25) is 0 Å². The maximum atomic E-state index is 7.00. The number of rotatable bonds is 1. The van der Waals surface area contributed by atoms with Gasteiger partial charge >= 0.3 is 0 Å². The number of hydrogen-bond donors (Lipinski definition) is 1. The number of halogens is 1. The molecule has 6 heavy (non-hydrogen) atoms. The van der Waals surface area contributed by atoms with E-state index in [1.807, 2.05) is 0 Å². The fraction of sp³-hybridized carbons (Fsp3) is 1.00. The van der Waals surface area contributed by atoms with E-state index in [-0.39, 0.29) is 0 Å². The first-order valence-corrected chi connectivity index (χ1v) is 2.53. The summed E-state index contributed by atoms with van der Waals surface area (Å²) in [6.07, 6.45) is 0. The number of aliphatic hydroxyl groups is 1. The molecular formula is C3H9BrO2. The standard InChI is InChI=1S/C2H5BrO.CH4O/c1-4-2-3;1-2/h2H2,1H3;2H,1H3. The number of alkyl halides is 1. The molecule has 0 fully saturated rings. The Morgan fingerprint density at radius 2 is 1.83 bits per heavy atom. The second kappa shape index (κ2) is 18.2. The van der Waals surface area contributed by atoms with Crippen LogP contribution in [0.3, 0.4) is 0 Å². The molecule has 0 heterocycles. The summed E-state index contributed by atoms with van der Waals surface area (Å²) in [7, 11) is 2.63. The zero-order valence-corrected chi connectivity index (χ0v) is 5.53. The molecule has 0 aromatic rings. The molecule has 0 aliphatic carbocycles. The molecule has 0 spiro atoms. The highest BCUT2D eigenvalue weighted by atomic mass is 79.9. The highest BCUT2D eigenvalue weighted by Gasteiger charge is 1.54. The first kappa shape index (κ1) is 9.64. The van der Waals surface area contributed by atoms with Crippen LogP contribution in [0.15, 0.2) is 0 Å². The third kappa shape index (κ3) is 26.0. The molecule has 0 aliphatic heterocycles. The van der Waals surface area contributed by atoms with Gasteiger partial charge in [0.15, 0.2) is 0 Å². The van der Waals surface area contributed by atoms with Crippen molar-refractivity contribution in [1.29, 1.82) is 0 Å². The molecule has 0 aromatic heterocycles. The second-order valence-electron chi connectivity index (χ2n) is 0.398. The summed E-state index contributed by atoms with van der Waals surface area (Å²) in [5.74, 6) is 0. The number of aliphatic hydroxyl groups excluding tert-OH is 1. The molecule has 40 valence electrons. The molecule has 2 nitrogen and oxygen atoms in total. The van der Waals surface area contributed by atoms with Gasteiger partial charge in [-0.1, -0.05) is 15.9 Å². The van der Waals surface area contributed by atoms with Crippen molar-refractivity contribution in [3.63, 3.8) is 0 Å². The van der Waals surface area contributed by atoms with Gasteiger partial charge in [0.1, 0.15) is 5.52 Å². The summed E-state index contributed by atoms with van der Waals surface area (Å²) in [6, 6.07) is 0. The molecule has 0 aliphatic rings. The molecule has 3 heteroatoms. The number of hydrogen-bond acceptors (Lipinski definition) is 2. The molecule has 0 rings (SSSR count). The van der Waals surface area contributed by atoms with Crippen molar-refractivity contribution < 1.29 is 9.84 Å². The Morgan fingerprint density at radius 3 is 1.83 bits per heavy atom. The summed E-state index contributed by atoms with van der Waals surface area (Å²) in [5, 5.41) is 7.00. The van der Waals surface area contributed by atoms with Crippen LogP contribution in [-0.2, 0) is 4.74 Å². The maximum Gasteiger partial charge on any atom is 0.101 e. The Bertz CT molecular complexity index is 10.8. The van der Waals surface area contributed by atoms with Crippen molar-refractivity contribution in [2.75, 3.05) is 19.7 Å². The summed E-state index contributed by atoms with van der Waals surface area (Å²) in [5.41, 5.74) is 0.632. The van der Waals surface area contributed by atoms with E-state index in [1.165, 1.54) is 0 Å². The molecule has 0 radical (unpaired) electrons. The van der Waals surface area contributed by atoms with Crippen molar-refractivity contribution in [2.45, 2.75) is 0 Å². The Kier molecular flexibility index (Phi) is 29.2. The Labute approximate surface area is 46.3 Å². The van der Waals surface area contributed by atoms with Crippen LogP contribution in [0.1, 0.15) is 0 Å². The normalized spacial score (nSPS) is 6.00. The fourth-order valence-electron chi connectivity index (χ4n) is 0. The quantitative estimate of drug-likeness (QED) is 0.564. The van der Waals surface area contributed by atoms with Crippen LogP contribution >= 0.6 is 15.9 Å². The van der Waals surface area contributed by atoms with E-state index in [9.17, 15) is 0 Å². The highest BCUT2D eigenvalue weighted by Crippen LogP contribution is 1.72. The number of methoxy groups -OCH3 is 1. The van der Waals surface area contributed by atoms with Gasteiger partial charge in [0.05, 0.1) is 0 Å². The lowest BCUT2D eigenvalue weighted by Crippen LogP contribution is -1.68. The van der Waals surface area contributed by atoms with Crippen molar-refractivity contribution in [1.82, 2.24) is 0 Å². The van der Waals surface area contributed by atoms with Crippen LogP contribution in [-0.4, -0.2) is 24.8 Å². The van der Waals surface area contributed by atoms with Crippen LogP contribution in [0.4, 0.5) is 0 Å². The third-order valence-corrected chi connectivity index (χ3v) is 0.567.